The van der Waals surface area contributed by atoms with Crippen LogP contribution < -0.4 is 0 Å². The van der Waals surface area contributed by atoms with Crippen molar-refractivity contribution in [2.75, 3.05) is 0 Å². The van der Waals surface area contributed by atoms with Crippen LogP contribution in [0.25, 0.3) is 0 Å². The maximum atomic E-state index is 11.0. The lowest BCUT2D eigenvalue weighted by Crippen LogP contribution is -2.60. The summed E-state index contributed by atoms with van der Waals surface area (Å²) in [5.74, 6) is 0.883. The highest BCUT2D eigenvalue weighted by molar-refractivity contribution is 5.13. The van der Waals surface area contributed by atoms with E-state index in [2.05, 4.69) is 34.6 Å². The van der Waals surface area contributed by atoms with Gasteiger partial charge in [-0.2, -0.15) is 0 Å². The molecule has 3 atom stereocenters. The van der Waals surface area contributed by atoms with E-state index in [0.29, 0.717) is 10.8 Å². The molecule has 1 nitrogen and oxygen atoms in total. The zero-order chi connectivity index (χ0) is 13.4. The van der Waals surface area contributed by atoms with Crippen molar-refractivity contribution in [3.8, 4) is 0 Å². The van der Waals surface area contributed by atoms with Crippen molar-refractivity contribution in [1.82, 2.24) is 0 Å². The van der Waals surface area contributed by atoms with Crippen LogP contribution in [0.3, 0.4) is 0 Å². The monoisotopic (exact) mass is 250 g/mol. The van der Waals surface area contributed by atoms with Gasteiger partial charge in [-0.05, 0) is 66.1 Å². The van der Waals surface area contributed by atoms with Gasteiger partial charge in [0.25, 0.3) is 0 Å². The molecule has 0 aromatic heterocycles. The van der Waals surface area contributed by atoms with Gasteiger partial charge in [-0.25, -0.2) is 0 Å². The molecule has 4 aliphatic rings. The molecule has 0 spiro atoms. The van der Waals surface area contributed by atoms with Gasteiger partial charge in [0, 0.05) is 0 Å². The third-order valence-electron chi connectivity index (χ3n) is 6.07. The lowest BCUT2D eigenvalue weighted by molar-refractivity contribution is -0.204. The highest BCUT2D eigenvalue weighted by Gasteiger charge is 2.63. The molecule has 4 rings (SSSR count). The molecule has 1 N–H and O–H groups in total. The van der Waals surface area contributed by atoms with Gasteiger partial charge < -0.3 is 5.11 Å². The van der Waals surface area contributed by atoms with E-state index in [1.54, 1.807) is 0 Å². The summed E-state index contributed by atoms with van der Waals surface area (Å²) in [4.78, 5) is 0. The van der Waals surface area contributed by atoms with E-state index in [1.165, 1.54) is 38.5 Å². The number of hydrogen-bond donors (Lipinski definition) is 1. The summed E-state index contributed by atoms with van der Waals surface area (Å²) in [7, 11) is 0. The lowest BCUT2D eigenvalue weighted by atomic mass is 9.38. The highest BCUT2D eigenvalue weighted by Crippen LogP contribution is 2.71. The molecule has 4 aliphatic carbocycles. The number of aliphatic hydroxyl groups is 1. The van der Waals surface area contributed by atoms with E-state index in [9.17, 15) is 5.11 Å². The Morgan fingerprint density at radius 3 is 1.83 bits per heavy atom. The molecule has 4 bridgehead atoms. The number of hydrogen-bond acceptors (Lipinski definition) is 1. The van der Waals surface area contributed by atoms with Gasteiger partial charge >= 0.3 is 0 Å². The Labute approximate surface area is 112 Å². The van der Waals surface area contributed by atoms with Crippen molar-refractivity contribution in [3.05, 3.63) is 0 Å². The van der Waals surface area contributed by atoms with E-state index in [0.717, 1.165) is 5.92 Å². The lowest BCUT2D eigenvalue weighted by Gasteiger charge is -2.67. The van der Waals surface area contributed by atoms with Crippen LogP contribution in [-0.4, -0.2) is 11.2 Å². The minimum absolute atomic E-state index is 0.0262. The summed E-state index contributed by atoms with van der Waals surface area (Å²) in [5, 5.41) is 11.0. The number of aliphatic hydroxyl groups excluding tert-OH is 1. The van der Waals surface area contributed by atoms with Crippen LogP contribution >= 0.6 is 0 Å². The van der Waals surface area contributed by atoms with Gasteiger partial charge in [0.05, 0.1) is 6.10 Å². The van der Waals surface area contributed by atoms with Gasteiger partial charge in [-0.3, -0.25) is 0 Å². The zero-order valence-electron chi connectivity index (χ0n) is 12.8. The Balaban J connectivity index is 1.99. The molecule has 0 saturated heterocycles. The Kier molecular flexibility index (Phi) is 2.41. The molecule has 18 heavy (non-hydrogen) atoms. The van der Waals surface area contributed by atoms with Crippen molar-refractivity contribution < 1.29 is 5.11 Å². The predicted molar refractivity (Wildman–Crippen MR) is 75.3 cm³/mol. The second-order valence-corrected chi connectivity index (χ2v) is 9.76. The molecular formula is C17H30O. The maximum absolute atomic E-state index is 11.0. The largest absolute Gasteiger partial charge is 0.392 e. The second-order valence-electron chi connectivity index (χ2n) is 9.76. The summed E-state index contributed by atoms with van der Waals surface area (Å²) < 4.78 is 0. The molecular weight excluding hydrogens is 220 g/mol. The third kappa shape index (κ3) is 1.77. The topological polar surface area (TPSA) is 20.2 Å². The van der Waals surface area contributed by atoms with Crippen LogP contribution in [0, 0.1) is 27.6 Å². The van der Waals surface area contributed by atoms with Crippen LogP contribution in [0.5, 0.6) is 0 Å². The first-order valence-electron chi connectivity index (χ1n) is 7.74. The molecule has 3 unspecified atom stereocenters. The maximum Gasteiger partial charge on any atom is 0.0645 e. The van der Waals surface area contributed by atoms with E-state index in [-0.39, 0.29) is 16.9 Å². The highest BCUT2D eigenvalue weighted by atomic mass is 16.3. The molecule has 4 saturated carbocycles. The van der Waals surface area contributed by atoms with Crippen molar-refractivity contribution in [2.45, 2.75) is 79.2 Å². The van der Waals surface area contributed by atoms with Crippen molar-refractivity contribution in [3.63, 3.8) is 0 Å². The minimum Gasteiger partial charge on any atom is -0.392 e. The summed E-state index contributed by atoms with van der Waals surface area (Å²) >= 11 is 0. The van der Waals surface area contributed by atoms with Gasteiger partial charge in [-0.15, -0.1) is 0 Å². The summed E-state index contributed by atoms with van der Waals surface area (Å²) in [6, 6.07) is 0. The third-order valence-corrected chi connectivity index (χ3v) is 6.07. The van der Waals surface area contributed by atoms with Crippen LogP contribution in [-0.2, 0) is 0 Å². The Morgan fingerprint density at radius 1 is 0.944 bits per heavy atom. The summed E-state index contributed by atoms with van der Waals surface area (Å²) in [6.07, 6.45) is 7.93. The average Bonchev–Trinajstić information content (AvgIpc) is 2.08. The minimum atomic E-state index is -0.132. The fourth-order valence-electron chi connectivity index (χ4n) is 6.76. The molecule has 0 amide bonds. The van der Waals surface area contributed by atoms with Crippen molar-refractivity contribution in [1.29, 1.82) is 0 Å². The fraction of sp³-hybridized carbons (Fsp3) is 1.00. The van der Waals surface area contributed by atoms with Crippen LogP contribution in [0.1, 0.15) is 73.1 Å². The van der Waals surface area contributed by atoms with E-state index < -0.39 is 0 Å². The van der Waals surface area contributed by atoms with Gasteiger partial charge in [0.2, 0.25) is 0 Å². The normalized spacial score (nSPS) is 52.7. The van der Waals surface area contributed by atoms with E-state index >= 15 is 0 Å². The smallest absolute Gasteiger partial charge is 0.0645 e. The van der Waals surface area contributed by atoms with Crippen molar-refractivity contribution in [2.24, 2.45) is 27.6 Å². The molecule has 0 aliphatic heterocycles. The predicted octanol–water partition coefficient (Wildman–Crippen LogP) is 4.39. The molecule has 0 heterocycles. The van der Waals surface area contributed by atoms with Crippen LogP contribution in [0.2, 0.25) is 0 Å². The van der Waals surface area contributed by atoms with E-state index in [1.807, 2.05) is 0 Å². The van der Waals surface area contributed by atoms with Crippen LogP contribution in [0.4, 0.5) is 0 Å². The molecule has 4 fully saturated rings. The molecule has 0 aromatic carbocycles. The Morgan fingerprint density at radius 2 is 1.44 bits per heavy atom. The second kappa shape index (κ2) is 3.34. The van der Waals surface area contributed by atoms with Crippen molar-refractivity contribution >= 4 is 0 Å². The first-order chi connectivity index (χ1) is 8.06. The standard InChI is InChI=1S/C17H30O/c1-14(2,3)13(18)17-8-12-6-15(4,10-17)9-16(5,7-12)11-17/h12-13,18H,6-11H2,1-5H3. The van der Waals surface area contributed by atoms with Gasteiger partial charge in [0.1, 0.15) is 0 Å². The molecule has 0 radical (unpaired) electrons. The Hall–Kier alpha value is -0.0400. The van der Waals surface area contributed by atoms with Gasteiger partial charge in [0.15, 0.2) is 0 Å². The molecule has 1 heteroatoms. The molecule has 0 aromatic rings. The SMILES string of the molecule is CC12CC3CC(C)(C1)CC(C(O)C(C)(C)C)(C3)C2. The van der Waals surface area contributed by atoms with Gasteiger partial charge in [-0.1, -0.05) is 34.6 Å². The van der Waals surface area contributed by atoms with Crippen LogP contribution in [0.15, 0.2) is 0 Å². The molecule has 104 valence electrons. The first kappa shape index (κ1) is 13.0. The zero-order valence-corrected chi connectivity index (χ0v) is 12.8. The fourth-order valence-corrected chi connectivity index (χ4v) is 6.76. The Bertz CT molecular complexity index is 346. The average molecular weight is 250 g/mol. The quantitative estimate of drug-likeness (QED) is 0.732. The first-order valence-corrected chi connectivity index (χ1v) is 7.74. The summed E-state index contributed by atoms with van der Waals surface area (Å²) in [5.41, 5.74) is 1.28. The summed E-state index contributed by atoms with van der Waals surface area (Å²) in [6.45, 7) is 11.6. The van der Waals surface area contributed by atoms with E-state index in [4.69, 9.17) is 0 Å². The number of rotatable bonds is 1.